The van der Waals surface area contributed by atoms with Crippen LogP contribution in [0.15, 0.2) is 35.1 Å². The monoisotopic (exact) mass is 340 g/mol. The Morgan fingerprint density at radius 1 is 1.40 bits per heavy atom. The van der Waals surface area contributed by atoms with Gasteiger partial charge in [-0.3, -0.25) is 9.69 Å². The fraction of sp³-hybridized carbons (Fsp3) is 0.389. The van der Waals surface area contributed by atoms with E-state index in [1.165, 1.54) is 4.68 Å². The number of hydrogen-bond acceptors (Lipinski definition) is 6. The summed E-state index contributed by atoms with van der Waals surface area (Å²) in [5.74, 6) is 0.620. The Kier molecular flexibility index (Phi) is 5.12. The second-order valence-corrected chi connectivity index (χ2v) is 6.16. The third kappa shape index (κ3) is 4.24. The van der Waals surface area contributed by atoms with Crippen molar-refractivity contribution in [1.82, 2.24) is 14.7 Å². The van der Waals surface area contributed by atoms with E-state index in [9.17, 15) is 9.90 Å². The number of aliphatic hydroxyl groups is 1. The van der Waals surface area contributed by atoms with Crippen LogP contribution in [-0.2, 0) is 20.0 Å². The van der Waals surface area contributed by atoms with Crippen molar-refractivity contribution in [3.05, 3.63) is 57.5 Å². The molecule has 7 nitrogen and oxygen atoms in total. The number of nitrogens with zero attached hydrogens (tertiary/aromatic N) is 4. The number of ether oxygens (including phenoxy) is 1. The van der Waals surface area contributed by atoms with Crippen LogP contribution in [0.1, 0.15) is 16.8 Å². The molecule has 0 unspecified atom stereocenters. The van der Waals surface area contributed by atoms with Gasteiger partial charge >= 0.3 is 0 Å². The van der Waals surface area contributed by atoms with Gasteiger partial charge in [-0.15, -0.1) is 0 Å². The van der Waals surface area contributed by atoms with Gasteiger partial charge in [0.2, 0.25) is 0 Å². The number of aliphatic hydroxyl groups excluding tert-OH is 1. The zero-order chi connectivity index (χ0) is 17.8. The molecule has 3 rings (SSSR count). The van der Waals surface area contributed by atoms with E-state index in [-0.39, 0.29) is 12.2 Å². The normalized spacial score (nSPS) is 15.2. The van der Waals surface area contributed by atoms with Gasteiger partial charge in [-0.05, 0) is 29.8 Å². The maximum absolute atomic E-state index is 11.7. The summed E-state index contributed by atoms with van der Waals surface area (Å²) in [6, 6.07) is 10.4. The standard InChI is InChI=1S/C18H20N4O3/c1-21-18(24)8-14-10-22(7-6-17(14)20-21)11-15(23)12-25-16-4-2-13(9-19)3-5-16/h2-5,8,15,23H,6-7,10-12H2,1H3/t15-/m0/s1. The number of benzene rings is 1. The van der Waals surface area contributed by atoms with Crippen molar-refractivity contribution in [2.75, 3.05) is 19.7 Å². The highest BCUT2D eigenvalue weighted by Gasteiger charge is 2.21. The van der Waals surface area contributed by atoms with Gasteiger partial charge in [0.25, 0.3) is 5.56 Å². The molecule has 2 aromatic rings. The summed E-state index contributed by atoms with van der Waals surface area (Å²) in [4.78, 5) is 13.8. The second-order valence-electron chi connectivity index (χ2n) is 6.16. The van der Waals surface area contributed by atoms with Gasteiger partial charge in [0, 0.05) is 39.2 Å². The Hall–Kier alpha value is -2.69. The minimum atomic E-state index is -0.642. The number of β-amino-alcohol motifs (C(OH)–C–C–N with tert-alkyl or cyclic N) is 1. The lowest BCUT2D eigenvalue weighted by molar-refractivity contribution is 0.0633. The van der Waals surface area contributed by atoms with Gasteiger partial charge in [0.05, 0.1) is 17.3 Å². The van der Waals surface area contributed by atoms with Gasteiger partial charge in [0.1, 0.15) is 18.5 Å². The fourth-order valence-corrected chi connectivity index (χ4v) is 2.88. The fourth-order valence-electron chi connectivity index (χ4n) is 2.88. The van der Waals surface area contributed by atoms with Gasteiger partial charge in [0.15, 0.2) is 0 Å². The molecule has 0 bridgehead atoms. The van der Waals surface area contributed by atoms with Gasteiger partial charge in [-0.1, -0.05) is 0 Å². The molecule has 0 amide bonds. The SMILES string of the molecule is Cn1nc2c(cc1=O)CN(C[C@H](O)COc1ccc(C#N)cc1)CC2. The topological polar surface area (TPSA) is 91.4 Å². The van der Waals surface area contributed by atoms with Crippen molar-refractivity contribution in [2.45, 2.75) is 19.1 Å². The number of aryl methyl sites for hydroxylation is 1. The first-order valence-electron chi connectivity index (χ1n) is 8.14. The van der Waals surface area contributed by atoms with Crippen LogP contribution in [0.3, 0.4) is 0 Å². The summed E-state index contributed by atoms with van der Waals surface area (Å²) < 4.78 is 6.92. The van der Waals surface area contributed by atoms with Crippen LogP contribution in [0.4, 0.5) is 0 Å². The number of aromatic nitrogens is 2. The molecule has 130 valence electrons. The third-order valence-electron chi connectivity index (χ3n) is 4.21. The smallest absolute Gasteiger partial charge is 0.266 e. The van der Waals surface area contributed by atoms with Gasteiger partial charge in [-0.2, -0.15) is 10.4 Å². The first kappa shape index (κ1) is 17.1. The van der Waals surface area contributed by atoms with E-state index in [2.05, 4.69) is 10.00 Å². The highest BCUT2D eigenvalue weighted by Crippen LogP contribution is 2.16. The highest BCUT2D eigenvalue weighted by molar-refractivity contribution is 5.34. The molecule has 0 radical (unpaired) electrons. The van der Waals surface area contributed by atoms with Crippen LogP contribution >= 0.6 is 0 Å². The second kappa shape index (κ2) is 7.47. The van der Waals surface area contributed by atoms with Crippen molar-refractivity contribution in [3.63, 3.8) is 0 Å². The molecule has 7 heteroatoms. The molecule has 2 heterocycles. The van der Waals surface area contributed by atoms with Crippen molar-refractivity contribution >= 4 is 0 Å². The summed E-state index contributed by atoms with van der Waals surface area (Å²) in [5, 5.41) is 23.3. The molecule has 1 aliphatic rings. The Balaban J connectivity index is 1.53. The van der Waals surface area contributed by atoms with E-state index in [0.717, 1.165) is 24.2 Å². The Labute approximate surface area is 145 Å². The van der Waals surface area contributed by atoms with E-state index in [1.54, 1.807) is 37.4 Å². The molecule has 0 spiro atoms. The minimum absolute atomic E-state index is 0.120. The molecular formula is C18H20N4O3. The molecule has 0 saturated carbocycles. The van der Waals surface area contributed by atoms with Gasteiger partial charge in [-0.25, -0.2) is 4.68 Å². The predicted molar refractivity (Wildman–Crippen MR) is 91.1 cm³/mol. The molecule has 0 fully saturated rings. The molecular weight excluding hydrogens is 320 g/mol. The lowest BCUT2D eigenvalue weighted by Gasteiger charge is -2.29. The van der Waals surface area contributed by atoms with Crippen molar-refractivity contribution < 1.29 is 9.84 Å². The van der Waals surface area contributed by atoms with E-state index in [1.807, 2.05) is 6.07 Å². The quantitative estimate of drug-likeness (QED) is 0.850. The van der Waals surface area contributed by atoms with Crippen LogP contribution < -0.4 is 10.3 Å². The molecule has 0 saturated heterocycles. The number of fused-ring (bicyclic) bond motifs is 1. The molecule has 1 aliphatic heterocycles. The van der Waals surface area contributed by atoms with E-state index >= 15 is 0 Å². The predicted octanol–water partition coefficient (Wildman–Crippen LogP) is 0.450. The summed E-state index contributed by atoms with van der Waals surface area (Å²) in [7, 11) is 1.65. The van der Waals surface area contributed by atoms with Crippen molar-refractivity contribution in [1.29, 1.82) is 5.26 Å². The number of nitriles is 1. The number of rotatable bonds is 5. The van der Waals surface area contributed by atoms with Crippen LogP contribution in [0.2, 0.25) is 0 Å². The van der Waals surface area contributed by atoms with Crippen LogP contribution in [-0.4, -0.2) is 45.6 Å². The average molecular weight is 340 g/mol. The summed E-state index contributed by atoms with van der Waals surface area (Å²) in [5.41, 5.74) is 2.32. The largest absolute Gasteiger partial charge is 0.491 e. The first-order chi connectivity index (χ1) is 12.0. The minimum Gasteiger partial charge on any atom is -0.491 e. The summed E-state index contributed by atoms with van der Waals surface area (Å²) in [6.45, 7) is 2.02. The molecule has 0 aliphatic carbocycles. The maximum Gasteiger partial charge on any atom is 0.266 e. The Bertz CT molecular complexity index is 839. The lowest BCUT2D eigenvalue weighted by atomic mass is 10.1. The third-order valence-corrected chi connectivity index (χ3v) is 4.21. The zero-order valence-corrected chi connectivity index (χ0v) is 14.1. The van der Waals surface area contributed by atoms with E-state index in [0.29, 0.717) is 24.4 Å². The maximum atomic E-state index is 11.7. The molecule has 1 N–H and O–H groups in total. The Morgan fingerprint density at radius 3 is 2.88 bits per heavy atom. The van der Waals surface area contributed by atoms with Crippen LogP contribution in [0.25, 0.3) is 0 Å². The molecule has 25 heavy (non-hydrogen) atoms. The summed E-state index contributed by atoms with van der Waals surface area (Å²) in [6.07, 6.45) is 0.115. The van der Waals surface area contributed by atoms with Crippen molar-refractivity contribution in [3.8, 4) is 11.8 Å². The van der Waals surface area contributed by atoms with E-state index < -0.39 is 6.10 Å². The van der Waals surface area contributed by atoms with Gasteiger partial charge < -0.3 is 9.84 Å². The summed E-state index contributed by atoms with van der Waals surface area (Å²) >= 11 is 0. The highest BCUT2D eigenvalue weighted by atomic mass is 16.5. The zero-order valence-electron chi connectivity index (χ0n) is 14.1. The molecule has 1 aromatic carbocycles. The van der Waals surface area contributed by atoms with E-state index in [4.69, 9.17) is 10.00 Å². The molecule has 1 atom stereocenters. The lowest BCUT2D eigenvalue weighted by Crippen LogP contribution is -2.40. The average Bonchev–Trinajstić information content (AvgIpc) is 2.61. The Morgan fingerprint density at radius 2 is 2.16 bits per heavy atom. The number of hydrogen-bond donors (Lipinski definition) is 1. The van der Waals surface area contributed by atoms with Crippen LogP contribution in [0.5, 0.6) is 5.75 Å². The first-order valence-corrected chi connectivity index (χ1v) is 8.14. The van der Waals surface area contributed by atoms with Crippen molar-refractivity contribution in [2.24, 2.45) is 7.05 Å². The van der Waals surface area contributed by atoms with Crippen LogP contribution in [0, 0.1) is 11.3 Å². The molecule has 1 aromatic heterocycles.